The van der Waals surface area contributed by atoms with Crippen molar-refractivity contribution in [3.05, 3.63) is 34.9 Å². The molecular formula is C9H11ClO2Si. The van der Waals surface area contributed by atoms with Gasteiger partial charge in [0.2, 0.25) is 0 Å². The first-order valence-corrected chi connectivity index (χ1v) is 6.67. The lowest BCUT2D eigenvalue weighted by Gasteiger charge is -2.06. The molecule has 0 atom stereocenters. The molecule has 0 aliphatic heterocycles. The fourth-order valence-electron chi connectivity index (χ4n) is 1.10. The number of aryl methyl sites for hydroxylation is 1. The van der Waals surface area contributed by atoms with Gasteiger partial charge in [0.05, 0.1) is 5.56 Å². The third-order valence-corrected chi connectivity index (χ3v) is 2.71. The first kappa shape index (κ1) is 10.3. The zero-order valence-corrected chi connectivity index (χ0v) is 9.80. The van der Waals surface area contributed by atoms with E-state index in [1.54, 1.807) is 6.07 Å². The van der Waals surface area contributed by atoms with Crippen LogP contribution in [0, 0.1) is 13.8 Å². The van der Waals surface area contributed by atoms with E-state index < -0.39 is 9.07 Å². The lowest BCUT2D eigenvalue weighted by atomic mass is 10.0. The summed E-state index contributed by atoms with van der Waals surface area (Å²) in [5, 5.41) is 0. The largest absolute Gasteiger partial charge is 0.507 e. The van der Waals surface area contributed by atoms with Crippen LogP contribution in [0.15, 0.2) is 18.2 Å². The molecule has 0 N–H and O–H groups in total. The molecule has 1 rings (SSSR count). The summed E-state index contributed by atoms with van der Waals surface area (Å²) in [6.45, 7) is 3.87. The van der Waals surface area contributed by atoms with Gasteiger partial charge >= 0.3 is 15.0 Å². The lowest BCUT2D eigenvalue weighted by molar-refractivity contribution is 0.0746. The molecule has 0 aliphatic rings. The molecule has 0 bridgehead atoms. The molecule has 0 saturated carbocycles. The third-order valence-electron chi connectivity index (χ3n) is 2.01. The van der Waals surface area contributed by atoms with Gasteiger partial charge in [0, 0.05) is 0 Å². The first-order chi connectivity index (χ1) is 6.16. The lowest BCUT2D eigenvalue weighted by Crippen LogP contribution is -2.07. The summed E-state index contributed by atoms with van der Waals surface area (Å²) in [6.07, 6.45) is 0. The molecule has 4 heteroatoms. The molecule has 13 heavy (non-hydrogen) atoms. The predicted molar refractivity (Wildman–Crippen MR) is 55.7 cm³/mol. The average molecular weight is 215 g/mol. The average Bonchev–Trinajstić information content (AvgIpc) is 2.10. The van der Waals surface area contributed by atoms with Gasteiger partial charge in [-0.1, -0.05) is 12.1 Å². The van der Waals surface area contributed by atoms with Gasteiger partial charge in [-0.25, -0.2) is 4.79 Å². The Bertz CT molecular complexity index is 325. The summed E-state index contributed by atoms with van der Waals surface area (Å²) in [7, 11) is -1.18. The molecule has 0 amide bonds. The van der Waals surface area contributed by atoms with Crippen LogP contribution in [0.3, 0.4) is 0 Å². The van der Waals surface area contributed by atoms with Crippen LogP contribution in [0.2, 0.25) is 0 Å². The van der Waals surface area contributed by atoms with E-state index in [0.29, 0.717) is 5.56 Å². The van der Waals surface area contributed by atoms with E-state index in [-0.39, 0.29) is 5.97 Å². The van der Waals surface area contributed by atoms with E-state index >= 15 is 0 Å². The van der Waals surface area contributed by atoms with Crippen LogP contribution in [0.5, 0.6) is 0 Å². The zero-order chi connectivity index (χ0) is 9.84. The molecule has 0 radical (unpaired) electrons. The SMILES string of the molecule is Cc1cccc(C(=O)O[SiH2]Cl)c1C. The first-order valence-electron chi connectivity index (χ1n) is 3.96. The van der Waals surface area contributed by atoms with Gasteiger partial charge in [-0.15, -0.1) is 11.1 Å². The van der Waals surface area contributed by atoms with Crippen LogP contribution >= 0.6 is 11.1 Å². The minimum Gasteiger partial charge on any atom is -0.507 e. The normalized spacial score (nSPS) is 10.7. The Kier molecular flexibility index (Phi) is 3.51. The van der Waals surface area contributed by atoms with Gasteiger partial charge in [-0.05, 0) is 31.0 Å². The van der Waals surface area contributed by atoms with Crippen LogP contribution in [-0.2, 0) is 4.43 Å². The van der Waals surface area contributed by atoms with Gasteiger partial charge in [0.25, 0.3) is 0 Å². The molecule has 0 aliphatic carbocycles. The Morgan fingerprint density at radius 2 is 2.15 bits per heavy atom. The highest BCUT2D eigenvalue weighted by molar-refractivity contribution is 6.90. The Labute approximate surface area is 84.5 Å². The van der Waals surface area contributed by atoms with Gasteiger partial charge in [0.15, 0.2) is 0 Å². The third kappa shape index (κ3) is 2.32. The molecule has 1 aromatic rings. The van der Waals surface area contributed by atoms with E-state index in [9.17, 15) is 4.79 Å². The number of halogens is 1. The van der Waals surface area contributed by atoms with Crippen molar-refractivity contribution in [1.82, 2.24) is 0 Å². The maximum Gasteiger partial charge on any atom is 0.325 e. The smallest absolute Gasteiger partial charge is 0.325 e. The number of carbonyl (C=O) groups excluding carboxylic acids is 1. The Morgan fingerprint density at radius 1 is 1.46 bits per heavy atom. The number of hydrogen-bond donors (Lipinski definition) is 0. The molecule has 0 fully saturated rings. The van der Waals surface area contributed by atoms with Gasteiger partial charge < -0.3 is 4.43 Å². The van der Waals surface area contributed by atoms with E-state index in [0.717, 1.165) is 11.1 Å². The number of rotatable bonds is 2. The second kappa shape index (κ2) is 4.44. The fraction of sp³-hybridized carbons (Fsp3) is 0.222. The van der Waals surface area contributed by atoms with Crippen molar-refractivity contribution in [3.8, 4) is 0 Å². The maximum atomic E-state index is 11.3. The summed E-state index contributed by atoms with van der Waals surface area (Å²) >= 11 is 5.43. The molecule has 70 valence electrons. The summed E-state index contributed by atoms with van der Waals surface area (Å²) in [4.78, 5) is 11.3. The minimum absolute atomic E-state index is 0.303. The monoisotopic (exact) mass is 214 g/mol. The van der Waals surface area contributed by atoms with Crippen molar-refractivity contribution in [3.63, 3.8) is 0 Å². The molecule has 0 unspecified atom stereocenters. The second-order valence-corrected chi connectivity index (χ2v) is 3.95. The Balaban J connectivity index is 3.01. The van der Waals surface area contributed by atoms with Crippen LogP contribution in [0.4, 0.5) is 0 Å². The molecule has 0 spiro atoms. The predicted octanol–water partition coefficient (Wildman–Crippen LogP) is 1.70. The molecule has 0 aromatic heterocycles. The van der Waals surface area contributed by atoms with Gasteiger partial charge in [-0.3, -0.25) is 0 Å². The molecular weight excluding hydrogens is 204 g/mol. The topological polar surface area (TPSA) is 26.3 Å². The summed E-state index contributed by atoms with van der Waals surface area (Å²) in [6, 6.07) is 5.56. The van der Waals surface area contributed by atoms with Crippen molar-refractivity contribution in [2.45, 2.75) is 13.8 Å². The van der Waals surface area contributed by atoms with Crippen molar-refractivity contribution in [2.24, 2.45) is 0 Å². The van der Waals surface area contributed by atoms with Gasteiger partial charge in [0.1, 0.15) is 0 Å². The van der Waals surface area contributed by atoms with Crippen LogP contribution in [0.1, 0.15) is 21.5 Å². The highest BCUT2D eigenvalue weighted by Crippen LogP contribution is 2.13. The van der Waals surface area contributed by atoms with Crippen LogP contribution in [-0.4, -0.2) is 15.0 Å². The number of carbonyl (C=O) groups is 1. The Hall–Kier alpha value is -0.803. The summed E-state index contributed by atoms with van der Waals surface area (Å²) < 4.78 is 4.83. The highest BCUT2D eigenvalue weighted by atomic mass is 35.6. The van der Waals surface area contributed by atoms with Crippen LogP contribution < -0.4 is 0 Å². The molecule has 0 heterocycles. The van der Waals surface area contributed by atoms with E-state index in [4.69, 9.17) is 15.5 Å². The minimum atomic E-state index is -1.18. The van der Waals surface area contributed by atoms with E-state index in [1.165, 1.54) is 0 Å². The standard InChI is InChI=1S/C9H11ClO2Si/c1-6-4-3-5-8(7(6)2)9(11)12-13-10/h3-5H,13H2,1-2H3. The number of hydrogen-bond acceptors (Lipinski definition) is 2. The maximum absolute atomic E-state index is 11.3. The fourth-order valence-corrected chi connectivity index (χ4v) is 1.65. The van der Waals surface area contributed by atoms with Crippen molar-refractivity contribution >= 4 is 26.1 Å². The summed E-state index contributed by atoms with van der Waals surface area (Å²) in [5.41, 5.74) is 2.67. The quantitative estimate of drug-likeness (QED) is 0.554. The Morgan fingerprint density at radius 3 is 2.77 bits per heavy atom. The van der Waals surface area contributed by atoms with Crippen LogP contribution in [0.25, 0.3) is 0 Å². The molecule has 2 nitrogen and oxygen atoms in total. The van der Waals surface area contributed by atoms with E-state index in [1.807, 2.05) is 26.0 Å². The number of benzene rings is 1. The summed E-state index contributed by atoms with van der Waals surface area (Å²) in [5.74, 6) is -0.303. The molecule has 0 saturated heterocycles. The van der Waals surface area contributed by atoms with Gasteiger partial charge in [-0.2, -0.15) is 0 Å². The zero-order valence-electron chi connectivity index (χ0n) is 7.63. The van der Waals surface area contributed by atoms with Crippen molar-refractivity contribution < 1.29 is 9.22 Å². The van der Waals surface area contributed by atoms with E-state index in [2.05, 4.69) is 0 Å². The highest BCUT2D eigenvalue weighted by Gasteiger charge is 2.09. The second-order valence-electron chi connectivity index (χ2n) is 2.79. The van der Waals surface area contributed by atoms with Crippen molar-refractivity contribution in [1.29, 1.82) is 0 Å². The van der Waals surface area contributed by atoms with Crippen molar-refractivity contribution in [2.75, 3.05) is 0 Å². The molecule has 1 aromatic carbocycles.